The second kappa shape index (κ2) is 7.29. The Morgan fingerprint density at radius 2 is 1.96 bits per heavy atom. The first-order valence-electron chi connectivity index (χ1n) is 8.20. The number of hydrogen-bond acceptors (Lipinski definition) is 5. The number of ether oxygens (including phenoxy) is 1. The van der Waals surface area contributed by atoms with E-state index in [1.165, 1.54) is 0 Å². The van der Waals surface area contributed by atoms with Crippen LogP contribution in [0.1, 0.15) is 19.8 Å². The molecule has 1 aromatic heterocycles. The van der Waals surface area contributed by atoms with Crippen molar-refractivity contribution >= 4 is 11.8 Å². The number of rotatable bonds is 5. The maximum absolute atomic E-state index is 11.1. The Balaban J connectivity index is 1.73. The van der Waals surface area contributed by atoms with Gasteiger partial charge in [-0.2, -0.15) is 0 Å². The van der Waals surface area contributed by atoms with E-state index >= 15 is 0 Å². The number of anilines is 1. The average molecular weight is 327 g/mol. The second-order valence-corrected chi connectivity index (χ2v) is 5.82. The molecular weight excluding hydrogens is 306 g/mol. The highest BCUT2D eigenvalue weighted by Gasteiger charge is 2.25. The number of benzene rings is 1. The zero-order valence-electron chi connectivity index (χ0n) is 13.7. The van der Waals surface area contributed by atoms with E-state index in [-0.39, 0.29) is 5.92 Å². The highest BCUT2D eigenvalue weighted by molar-refractivity contribution is 5.70. The van der Waals surface area contributed by atoms with E-state index in [1.807, 2.05) is 37.3 Å². The van der Waals surface area contributed by atoms with Gasteiger partial charge in [0.2, 0.25) is 0 Å². The second-order valence-electron chi connectivity index (χ2n) is 5.82. The smallest absolute Gasteiger partial charge is 0.306 e. The van der Waals surface area contributed by atoms with Crippen molar-refractivity contribution in [2.75, 3.05) is 24.6 Å². The average Bonchev–Trinajstić information content (AvgIpc) is 2.63. The van der Waals surface area contributed by atoms with Gasteiger partial charge in [0.25, 0.3) is 0 Å². The van der Waals surface area contributed by atoms with Gasteiger partial charge in [-0.25, -0.2) is 9.97 Å². The van der Waals surface area contributed by atoms with Crippen LogP contribution in [0.15, 0.2) is 36.7 Å². The summed E-state index contributed by atoms with van der Waals surface area (Å²) in [5, 5.41) is 9.09. The zero-order chi connectivity index (χ0) is 16.9. The molecule has 126 valence electrons. The molecule has 24 heavy (non-hydrogen) atoms. The molecule has 6 nitrogen and oxygen atoms in total. The molecule has 2 heterocycles. The summed E-state index contributed by atoms with van der Waals surface area (Å²) >= 11 is 0. The molecule has 1 aliphatic heterocycles. The Labute approximate surface area is 141 Å². The third-order valence-corrected chi connectivity index (χ3v) is 4.28. The summed E-state index contributed by atoms with van der Waals surface area (Å²) in [6.45, 7) is 4.01. The molecule has 1 fully saturated rings. The van der Waals surface area contributed by atoms with E-state index in [0.29, 0.717) is 32.5 Å². The fourth-order valence-corrected chi connectivity index (χ4v) is 2.92. The van der Waals surface area contributed by atoms with Crippen molar-refractivity contribution in [3.8, 4) is 17.0 Å². The number of carbonyl (C=O) groups is 1. The van der Waals surface area contributed by atoms with E-state index in [2.05, 4.69) is 14.9 Å². The van der Waals surface area contributed by atoms with E-state index in [9.17, 15) is 4.79 Å². The Morgan fingerprint density at radius 3 is 2.58 bits per heavy atom. The van der Waals surface area contributed by atoms with Crippen molar-refractivity contribution in [2.45, 2.75) is 19.8 Å². The first-order valence-corrected chi connectivity index (χ1v) is 8.20. The van der Waals surface area contributed by atoms with Gasteiger partial charge in [-0.1, -0.05) is 0 Å². The van der Waals surface area contributed by atoms with Crippen molar-refractivity contribution in [2.24, 2.45) is 5.92 Å². The predicted octanol–water partition coefficient (Wildman–Crippen LogP) is 2.84. The Kier molecular flexibility index (Phi) is 4.93. The van der Waals surface area contributed by atoms with Gasteiger partial charge in [-0.15, -0.1) is 0 Å². The third-order valence-electron chi connectivity index (χ3n) is 4.28. The Hall–Kier alpha value is -2.63. The number of aliphatic carboxylic acids is 1. The molecule has 3 rings (SSSR count). The van der Waals surface area contributed by atoms with Crippen LogP contribution >= 0.6 is 0 Å². The highest BCUT2D eigenvalue weighted by Crippen LogP contribution is 2.26. The lowest BCUT2D eigenvalue weighted by Crippen LogP contribution is -2.36. The molecule has 0 atom stereocenters. The van der Waals surface area contributed by atoms with Gasteiger partial charge in [0.1, 0.15) is 17.9 Å². The molecule has 0 aliphatic carbocycles. The summed E-state index contributed by atoms with van der Waals surface area (Å²) in [6.07, 6.45) is 2.86. The normalized spacial score (nSPS) is 15.3. The molecular formula is C18H21N3O3. The van der Waals surface area contributed by atoms with Gasteiger partial charge in [-0.3, -0.25) is 4.79 Å². The van der Waals surface area contributed by atoms with Crippen molar-refractivity contribution in [1.29, 1.82) is 0 Å². The van der Waals surface area contributed by atoms with Crippen LogP contribution in [0.25, 0.3) is 11.3 Å². The zero-order valence-corrected chi connectivity index (χ0v) is 13.7. The number of aromatic nitrogens is 2. The quantitative estimate of drug-likeness (QED) is 0.910. The van der Waals surface area contributed by atoms with Crippen LogP contribution in [-0.2, 0) is 4.79 Å². The van der Waals surface area contributed by atoms with Gasteiger partial charge >= 0.3 is 5.97 Å². The molecule has 1 saturated heterocycles. The van der Waals surface area contributed by atoms with Crippen molar-refractivity contribution in [3.05, 3.63) is 36.7 Å². The fourth-order valence-electron chi connectivity index (χ4n) is 2.92. The largest absolute Gasteiger partial charge is 0.494 e. The summed E-state index contributed by atoms with van der Waals surface area (Å²) in [6, 6.07) is 9.77. The van der Waals surface area contributed by atoms with Crippen molar-refractivity contribution in [1.82, 2.24) is 9.97 Å². The molecule has 1 N–H and O–H groups in total. The lowest BCUT2D eigenvalue weighted by molar-refractivity contribution is -0.142. The molecule has 1 aromatic carbocycles. The molecule has 0 bridgehead atoms. The summed E-state index contributed by atoms with van der Waals surface area (Å²) in [4.78, 5) is 21.9. The van der Waals surface area contributed by atoms with Gasteiger partial charge in [0.15, 0.2) is 0 Å². The summed E-state index contributed by atoms with van der Waals surface area (Å²) in [5.74, 6) is 0.741. The minimum absolute atomic E-state index is 0.242. The summed E-state index contributed by atoms with van der Waals surface area (Å²) in [5.41, 5.74) is 1.85. The minimum atomic E-state index is -0.701. The Morgan fingerprint density at radius 1 is 1.25 bits per heavy atom. The number of hydrogen-bond donors (Lipinski definition) is 1. The summed E-state index contributed by atoms with van der Waals surface area (Å²) < 4.78 is 5.46. The first-order chi connectivity index (χ1) is 11.7. The van der Waals surface area contributed by atoms with Crippen LogP contribution in [0.2, 0.25) is 0 Å². The molecule has 1 aliphatic rings. The number of carboxylic acids is 1. The molecule has 0 spiro atoms. The molecule has 6 heteroatoms. The van der Waals surface area contributed by atoms with Gasteiger partial charge in [-0.05, 0) is 44.0 Å². The van der Waals surface area contributed by atoms with E-state index in [4.69, 9.17) is 9.84 Å². The van der Waals surface area contributed by atoms with E-state index in [1.54, 1.807) is 6.33 Å². The Bertz CT molecular complexity index is 695. The number of piperidine rings is 1. The van der Waals surface area contributed by atoms with Crippen LogP contribution in [0.4, 0.5) is 5.82 Å². The molecule has 0 unspecified atom stereocenters. The third kappa shape index (κ3) is 3.64. The number of nitrogens with zero attached hydrogens (tertiary/aromatic N) is 3. The topological polar surface area (TPSA) is 75.5 Å². The molecule has 2 aromatic rings. The van der Waals surface area contributed by atoms with Crippen LogP contribution < -0.4 is 9.64 Å². The van der Waals surface area contributed by atoms with E-state index < -0.39 is 5.97 Å². The van der Waals surface area contributed by atoms with Crippen LogP contribution in [0.5, 0.6) is 5.75 Å². The van der Waals surface area contributed by atoms with Gasteiger partial charge in [0.05, 0.1) is 18.2 Å². The maximum Gasteiger partial charge on any atom is 0.306 e. The molecule has 0 saturated carbocycles. The summed E-state index contributed by atoms with van der Waals surface area (Å²) in [7, 11) is 0. The lowest BCUT2D eigenvalue weighted by atomic mass is 9.97. The molecule has 0 amide bonds. The predicted molar refractivity (Wildman–Crippen MR) is 91.2 cm³/mol. The van der Waals surface area contributed by atoms with Crippen LogP contribution in [0, 0.1) is 5.92 Å². The SMILES string of the molecule is CCOc1ccc(-c2cc(N3CCC(C(=O)O)CC3)ncn2)cc1. The van der Waals surface area contributed by atoms with Crippen molar-refractivity contribution < 1.29 is 14.6 Å². The van der Waals surface area contributed by atoms with Gasteiger partial charge < -0.3 is 14.7 Å². The maximum atomic E-state index is 11.1. The standard InChI is InChI=1S/C18H21N3O3/c1-2-24-15-5-3-13(4-6-15)16-11-17(20-12-19-16)21-9-7-14(8-10-21)18(22)23/h3-6,11-12,14H,2,7-10H2,1H3,(H,22,23). The van der Waals surface area contributed by atoms with Gasteiger partial charge in [0, 0.05) is 24.7 Å². The number of carboxylic acid groups (broad SMARTS) is 1. The minimum Gasteiger partial charge on any atom is -0.494 e. The monoisotopic (exact) mass is 327 g/mol. The first kappa shape index (κ1) is 16.2. The highest BCUT2D eigenvalue weighted by atomic mass is 16.5. The van der Waals surface area contributed by atoms with Crippen LogP contribution in [0.3, 0.4) is 0 Å². The lowest BCUT2D eigenvalue weighted by Gasteiger charge is -2.31. The van der Waals surface area contributed by atoms with Crippen molar-refractivity contribution in [3.63, 3.8) is 0 Å². The fraction of sp³-hybridized carbons (Fsp3) is 0.389. The van der Waals surface area contributed by atoms with Crippen LogP contribution in [-0.4, -0.2) is 40.7 Å². The van der Waals surface area contributed by atoms with E-state index in [0.717, 1.165) is 22.8 Å². The molecule has 0 radical (unpaired) electrons.